The lowest BCUT2D eigenvalue weighted by atomic mass is 10.3. The fourth-order valence-electron chi connectivity index (χ4n) is 1.69. The second-order valence-corrected chi connectivity index (χ2v) is 5.09. The molecule has 9 heteroatoms. The van der Waals surface area contributed by atoms with E-state index < -0.39 is 17.0 Å². The summed E-state index contributed by atoms with van der Waals surface area (Å²) in [4.78, 5) is 10.6. The van der Waals surface area contributed by atoms with Gasteiger partial charge in [0, 0.05) is 6.20 Å². The molecule has 3 aromatic rings. The maximum atomic E-state index is 13.0. The molecule has 4 nitrogen and oxygen atoms in total. The Kier molecular flexibility index (Phi) is 3.20. The van der Waals surface area contributed by atoms with Crippen molar-refractivity contribution in [2.24, 2.45) is 0 Å². The smallest absolute Gasteiger partial charge is 0.345 e. The summed E-state index contributed by atoms with van der Waals surface area (Å²) in [5.41, 5.74) is 0.761. The van der Waals surface area contributed by atoms with E-state index in [-0.39, 0.29) is 11.2 Å². The molecule has 0 amide bonds. The summed E-state index contributed by atoms with van der Waals surface area (Å²) < 4.78 is 50.6. The highest BCUT2D eigenvalue weighted by atomic mass is 32.1. The lowest BCUT2D eigenvalue weighted by Gasteiger charge is -2.06. The van der Waals surface area contributed by atoms with Gasteiger partial charge in [0.05, 0.1) is 16.9 Å². The topological polar surface area (TPSA) is 50.7 Å². The molecule has 0 fully saturated rings. The van der Waals surface area contributed by atoms with Gasteiger partial charge in [0.2, 0.25) is 5.95 Å². The van der Waals surface area contributed by atoms with Crippen molar-refractivity contribution in [3.05, 3.63) is 41.4 Å². The van der Waals surface area contributed by atoms with E-state index in [1.807, 2.05) is 0 Å². The zero-order chi connectivity index (χ0) is 15.0. The van der Waals surface area contributed by atoms with Crippen molar-refractivity contribution in [3.8, 4) is 0 Å². The van der Waals surface area contributed by atoms with Crippen molar-refractivity contribution in [2.45, 2.75) is 6.18 Å². The third-order valence-electron chi connectivity index (χ3n) is 2.56. The molecule has 3 aromatic heterocycles. The van der Waals surface area contributed by atoms with Crippen molar-refractivity contribution in [1.29, 1.82) is 0 Å². The molecule has 0 bridgehead atoms. The molecular weight excluding hydrogens is 308 g/mol. The molecule has 108 valence electrons. The molecule has 0 aliphatic rings. The summed E-state index contributed by atoms with van der Waals surface area (Å²) in [6.07, 6.45) is -2.09. The van der Waals surface area contributed by atoms with Crippen LogP contribution in [0.1, 0.15) is 4.88 Å². The number of nitrogens with one attached hydrogen (secondary N) is 1. The molecule has 0 unspecified atom stereocenters. The number of nitrogens with zero attached hydrogens (tertiary/aromatic N) is 3. The quantitative estimate of drug-likeness (QED) is 0.727. The Labute approximate surface area is 119 Å². The summed E-state index contributed by atoms with van der Waals surface area (Å²) in [5.74, 6) is -0.775. The summed E-state index contributed by atoms with van der Waals surface area (Å²) in [6, 6.07) is 3.83. The van der Waals surface area contributed by atoms with Crippen LogP contribution < -0.4 is 5.32 Å². The van der Waals surface area contributed by atoms with Gasteiger partial charge in [0.1, 0.15) is 10.4 Å². The highest BCUT2D eigenvalue weighted by molar-refractivity contribution is 7.16. The van der Waals surface area contributed by atoms with Crippen molar-refractivity contribution < 1.29 is 17.6 Å². The molecule has 21 heavy (non-hydrogen) atoms. The van der Waals surface area contributed by atoms with Gasteiger partial charge in [-0.1, -0.05) is 0 Å². The van der Waals surface area contributed by atoms with Gasteiger partial charge < -0.3 is 5.32 Å². The molecule has 0 radical (unpaired) electrons. The molecule has 3 heterocycles. The lowest BCUT2D eigenvalue weighted by Crippen LogP contribution is -2.00. The Morgan fingerprint density at radius 3 is 2.62 bits per heavy atom. The van der Waals surface area contributed by atoms with Crippen molar-refractivity contribution in [1.82, 2.24) is 15.0 Å². The molecule has 0 atom stereocenters. The molecule has 1 N–H and O–H groups in total. The molecular formula is C12H6F4N4S. The fraction of sp³-hybridized carbons (Fsp3) is 0.0833. The first kappa shape index (κ1) is 13.7. The number of aromatic nitrogens is 3. The zero-order valence-electron chi connectivity index (χ0n) is 10.1. The van der Waals surface area contributed by atoms with Gasteiger partial charge in [-0.2, -0.15) is 22.5 Å². The van der Waals surface area contributed by atoms with E-state index >= 15 is 0 Å². The average Bonchev–Trinajstić information content (AvgIpc) is 2.87. The third kappa shape index (κ3) is 2.77. The maximum absolute atomic E-state index is 13.0. The standard InChI is InChI=1S/C12H6F4N4S/c13-8-5-18-10-6(3-4-17-11(10)20-8)19-9-2-1-7(21-9)12(14,15)16/h1-5H,(H,17,19,20). The number of hydrogen-bond donors (Lipinski definition) is 1. The molecule has 0 saturated carbocycles. The first-order valence-corrected chi connectivity index (χ1v) is 6.46. The van der Waals surface area contributed by atoms with Gasteiger partial charge >= 0.3 is 6.18 Å². The Morgan fingerprint density at radius 2 is 1.90 bits per heavy atom. The summed E-state index contributed by atoms with van der Waals surface area (Å²) >= 11 is 0.568. The molecule has 0 aliphatic carbocycles. The van der Waals surface area contributed by atoms with Crippen LogP contribution in [0.25, 0.3) is 11.2 Å². The summed E-state index contributed by atoms with van der Waals surface area (Å²) in [5, 5.41) is 3.10. The highest BCUT2D eigenvalue weighted by Crippen LogP contribution is 2.38. The van der Waals surface area contributed by atoms with Crippen LogP contribution in [0.3, 0.4) is 0 Å². The van der Waals surface area contributed by atoms with Crippen LogP contribution in [0.15, 0.2) is 30.6 Å². The lowest BCUT2D eigenvalue weighted by molar-refractivity contribution is -0.134. The van der Waals surface area contributed by atoms with Crippen LogP contribution in [-0.2, 0) is 6.18 Å². The van der Waals surface area contributed by atoms with Crippen molar-refractivity contribution >= 4 is 33.2 Å². The van der Waals surface area contributed by atoms with Gasteiger partial charge in [-0.05, 0) is 18.2 Å². The minimum atomic E-state index is -4.38. The second kappa shape index (κ2) is 4.92. The van der Waals surface area contributed by atoms with E-state index in [1.165, 1.54) is 18.3 Å². The number of halogens is 4. The highest BCUT2D eigenvalue weighted by Gasteiger charge is 2.32. The van der Waals surface area contributed by atoms with E-state index in [2.05, 4.69) is 20.3 Å². The first-order valence-electron chi connectivity index (χ1n) is 5.65. The molecule has 0 saturated heterocycles. The van der Waals surface area contributed by atoms with Gasteiger partial charge in [0.25, 0.3) is 0 Å². The minimum absolute atomic E-state index is 0.0765. The molecule has 0 spiro atoms. The van der Waals surface area contributed by atoms with E-state index in [9.17, 15) is 17.6 Å². The van der Waals surface area contributed by atoms with E-state index in [0.29, 0.717) is 22.0 Å². The first-order chi connectivity index (χ1) is 9.93. The van der Waals surface area contributed by atoms with Crippen molar-refractivity contribution in [3.63, 3.8) is 0 Å². The number of fused-ring (bicyclic) bond motifs is 1. The third-order valence-corrected chi connectivity index (χ3v) is 3.61. The number of anilines is 2. The Hall–Kier alpha value is -2.29. The average molecular weight is 314 g/mol. The molecule has 3 rings (SSSR count). The largest absolute Gasteiger partial charge is 0.425 e. The van der Waals surface area contributed by atoms with Gasteiger partial charge in [0.15, 0.2) is 5.65 Å². The van der Waals surface area contributed by atoms with Crippen LogP contribution in [-0.4, -0.2) is 15.0 Å². The molecule has 0 aliphatic heterocycles. The van der Waals surface area contributed by atoms with Gasteiger partial charge in [-0.15, -0.1) is 11.3 Å². The number of rotatable bonds is 2. The number of hydrogen-bond acceptors (Lipinski definition) is 5. The van der Waals surface area contributed by atoms with Crippen LogP contribution in [0.4, 0.5) is 28.3 Å². The Balaban J connectivity index is 1.97. The predicted molar refractivity (Wildman–Crippen MR) is 69.9 cm³/mol. The summed E-state index contributed by atoms with van der Waals surface area (Å²) in [7, 11) is 0. The van der Waals surface area contributed by atoms with E-state index in [4.69, 9.17) is 0 Å². The number of alkyl halides is 3. The van der Waals surface area contributed by atoms with Crippen LogP contribution in [0.5, 0.6) is 0 Å². The predicted octanol–water partition coefficient (Wildman–Crippen LogP) is 3.99. The monoisotopic (exact) mass is 314 g/mol. The number of pyridine rings is 1. The van der Waals surface area contributed by atoms with Crippen LogP contribution >= 0.6 is 11.3 Å². The minimum Gasteiger partial charge on any atom is -0.345 e. The zero-order valence-corrected chi connectivity index (χ0v) is 11.0. The normalized spacial score (nSPS) is 11.8. The number of thiophene rings is 1. The Morgan fingerprint density at radius 1 is 1.10 bits per heavy atom. The SMILES string of the molecule is Fc1cnc2c(Nc3ccc(C(F)(F)F)s3)ccnc2n1. The fourth-order valence-corrected chi connectivity index (χ4v) is 2.48. The maximum Gasteiger partial charge on any atom is 0.425 e. The van der Waals surface area contributed by atoms with Crippen molar-refractivity contribution in [2.75, 3.05) is 5.32 Å². The Bertz CT molecular complexity index is 799. The van der Waals surface area contributed by atoms with Crippen LogP contribution in [0, 0.1) is 5.95 Å². The van der Waals surface area contributed by atoms with E-state index in [1.54, 1.807) is 0 Å². The second-order valence-electron chi connectivity index (χ2n) is 4.01. The summed E-state index contributed by atoms with van der Waals surface area (Å²) in [6.45, 7) is 0. The van der Waals surface area contributed by atoms with Gasteiger partial charge in [-0.3, -0.25) is 0 Å². The van der Waals surface area contributed by atoms with E-state index in [0.717, 1.165) is 12.3 Å². The van der Waals surface area contributed by atoms with Crippen LogP contribution in [0.2, 0.25) is 0 Å². The van der Waals surface area contributed by atoms with Gasteiger partial charge in [-0.25, -0.2) is 9.97 Å². The molecule has 0 aromatic carbocycles.